The van der Waals surface area contributed by atoms with Crippen LogP contribution in [0.2, 0.25) is 5.02 Å². The minimum absolute atomic E-state index is 0.0167. The summed E-state index contributed by atoms with van der Waals surface area (Å²) in [5.41, 5.74) is -0.162. The molecule has 1 saturated carbocycles. The van der Waals surface area contributed by atoms with E-state index >= 15 is 0 Å². The maximum Gasteiger partial charge on any atom is 0.231 e. The van der Waals surface area contributed by atoms with Crippen molar-refractivity contribution in [1.82, 2.24) is 5.32 Å². The van der Waals surface area contributed by atoms with Gasteiger partial charge in [0.05, 0.1) is 17.1 Å². The molecular formula is C16H22ClNO2. The monoisotopic (exact) mass is 295 g/mol. The van der Waals surface area contributed by atoms with Crippen LogP contribution in [0.1, 0.15) is 45.6 Å². The van der Waals surface area contributed by atoms with Crippen molar-refractivity contribution in [3.05, 3.63) is 34.9 Å². The Morgan fingerprint density at radius 3 is 2.55 bits per heavy atom. The molecular weight excluding hydrogens is 274 g/mol. The molecule has 1 aromatic rings. The number of benzene rings is 1. The molecule has 110 valence electrons. The highest BCUT2D eigenvalue weighted by molar-refractivity contribution is 6.30. The summed E-state index contributed by atoms with van der Waals surface area (Å²) in [5, 5.41) is 13.4. The van der Waals surface area contributed by atoms with Gasteiger partial charge in [0.15, 0.2) is 0 Å². The number of halogens is 1. The van der Waals surface area contributed by atoms with E-state index < -0.39 is 17.1 Å². The lowest BCUT2D eigenvalue weighted by atomic mass is 9.63. The Morgan fingerprint density at radius 1 is 1.45 bits per heavy atom. The lowest BCUT2D eigenvalue weighted by Gasteiger charge is -2.43. The molecule has 1 unspecified atom stereocenters. The Bertz CT molecular complexity index is 507. The minimum atomic E-state index is -0.641. The second-order valence-electron chi connectivity index (χ2n) is 6.30. The first-order valence-electron chi connectivity index (χ1n) is 7.05. The molecule has 1 aliphatic rings. The van der Waals surface area contributed by atoms with E-state index in [1.807, 2.05) is 38.1 Å². The molecule has 1 aromatic carbocycles. The zero-order valence-corrected chi connectivity index (χ0v) is 13.0. The van der Waals surface area contributed by atoms with Gasteiger partial charge in [-0.25, -0.2) is 0 Å². The van der Waals surface area contributed by atoms with Crippen LogP contribution >= 0.6 is 11.6 Å². The molecule has 20 heavy (non-hydrogen) atoms. The number of carbonyl (C=O) groups is 1. The van der Waals surface area contributed by atoms with Crippen LogP contribution in [0.25, 0.3) is 0 Å². The standard InChI is InChI=1S/C16H22ClNO2/c1-11(19)15(2,3)18-14(20)16(8-5-9-16)12-6-4-7-13(17)10-12/h4,6-7,10-11,19H,5,8-9H2,1-3H3,(H,18,20). The molecule has 2 N–H and O–H groups in total. The molecule has 0 heterocycles. The van der Waals surface area contributed by atoms with Crippen molar-refractivity contribution in [2.24, 2.45) is 0 Å². The van der Waals surface area contributed by atoms with E-state index in [0.29, 0.717) is 5.02 Å². The van der Waals surface area contributed by atoms with Crippen LogP contribution < -0.4 is 5.32 Å². The fourth-order valence-corrected chi connectivity index (χ4v) is 2.67. The summed E-state index contributed by atoms with van der Waals surface area (Å²) in [5.74, 6) is -0.0167. The van der Waals surface area contributed by atoms with E-state index in [1.165, 1.54) is 0 Å². The van der Waals surface area contributed by atoms with Gasteiger partial charge in [-0.05, 0) is 51.3 Å². The Hall–Kier alpha value is -1.06. The highest BCUT2D eigenvalue weighted by Crippen LogP contribution is 2.44. The third kappa shape index (κ3) is 2.70. The molecule has 0 bridgehead atoms. The average molecular weight is 296 g/mol. The number of hydrogen-bond donors (Lipinski definition) is 2. The molecule has 0 saturated heterocycles. The van der Waals surface area contributed by atoms with Gasteiger partial charge < -0.3 is 10.4 Å². The first-order valence-corrected chi connectivity index (χ1v) is 7.42. The molecule has 2 rings (SSSR count). The van der Waals surface area contributed by atoms with Crippen LogP contribution in [0.3, 0.4) is 0 Å². The quantitative estimate of drug-likeness (QED) is 0.897. The maximum atomic E-state index is 12.7. The Morgan fingerprint density at radius 2 is 2.10 bits per heavy atom. The highest BCUT2D eigenvalue weighted by atomic mass is 35.5. The summed E-state index contributed by atoms with van der Waals surface area (Å²) >= 11 is 6.05. The second-order valence-corrected chi connectivity index (χ2v) is 6.73. The van der Waals surface area contributed by atoms with Gasteiger partial charge >= 0.3 is 0 Å². The minimum Gasteiger partial charge on any atom is -0.391 e. The van der Waals surface area contributed by atoms with Gasteiger partial charge in [-0.2, -0.15) is 0 Å². The summed E-state index contributed by atoms with van der Waals surface area (Å²) in [6, 6.07) is 7.52. The number of hydrogen-bond acceptors (Lipinski definition) is 2. The van der Waals surface area contributed by atoms with Crippen molar-refractivity contribution in [2.75, 3.05) is 0 Å². The van der Waals surface area contributed by atoms with Crippen LogP contribution in [-0.2, 0) is 10.2 Å². The van der Waals surface area contributed by atoms with Crippen LogP contribution in [0.5, 0.6) is 0 Å². The van der Waals surface area contributed by atoms with Gasteiger partial charge in [0.1, 0.15) is 0 Å². The van der Waals surface area contributed by atoms with E-state index in [2.05, 4.69) is 5.32 Å². The summed E-state index contributed by atoms with van der Waals surface area (Å²) in [6.45, 7) is 5.35. The highest BCUT2D eigenvalue weighted by Gasteiger charge is 2.47. The Kier molecular flexibility index (Phi) is 4.12. The fourth-order valence-electron chi connectivity index (χ4n) is 2.48. The molecule has 0 aromatic heterocycles. The zero-order valence-electron chi connectivity index (χ0n) is 12.2. The number of rotatable bonds is 4. The molecule has 1 aliphatic carbocycles. The van der Waals surface area contributed by atoms with E-state index in [4.69, 9.17) is 11.6 Å². The number of amides is 1. The molecule has 3 nitrogen and oxygen atoms in total. The van der Waals surface area contributed by atoms with Crippen molar-refractivity contribution in [3.63, 3.8) is 0 Å². The van der Waals surface area contributed by atoms with Gasteiger partial charge in [-0.1, -0.05) is 30.2 Å². The third-order valence-corrected chi connectivity index (χ3v) is 4.73. The van der Waals surface area contributed by atoms with E-state index in [9.17, 15) is 9.90 Å². The van der Waals surface area contributed by atoms with Crippen LogP contribution in [0.15, 0.2) is 24.3 Å². The van der Waals surface area contributed by atoms with E-state index in [0.717, 1.165) is 24.8 Å². The van der Waals surface area contributed by atoms with Crippen molar-refractivity contribution >= 4 is 17.5 Å². The Balaban J connectivity index is 2.26. The topological polar surface area (TPSA) is 49.3 Å². The van der Waals surface area contributed by atoms with Gasteiger partial charge in [0, 0.05) is 5.02 Å². The maximum absolute atomic E-state index is 12.7. The molecule has 1 fully saturated rings. The largest absolute Gasteiger partial charge is 0.391 e. The molecule has 1 amide bonds. The van der Waals surface area contributed by atoms with Crippen molar-refractivity contribution in [1.29, 1.82) is 0 Å². The number of nitrogens with one attached hydrogen (secondary N) is 1. The number of aliphatic hydroxyl groups is 1. The zero-order chi connectivity index (χ0) is 15.0. The lowest BCUT2D eigenvalue weighted by molar-refractivity contribution is -0.133. The van der Waals surface area contributed by atoms with Gasteiger partial charge in [-0.15, -0.1) is 0 Å². The smallest absolute Gasteiger partial charge is 0.231 e. The lowest BCUT2D eigenvalue weighted by Crippen LogP contribution is -2.58. The van der Waals surface area contributed by atoms with Crippen molar-refractivity contribution < 1.29 is 9.90 Å². The SMILES string of the molecule is CC(O)C(C)(C)NC(=O)C1(c2cccc(Cl)c2)CCC1. The van der Waals surface area contributed by atoms with E-state index in [1.54, 1.807) is 6.92 Å². The van der Waals surface area contributed by atoms with Crippen LogP contribution in [0, 0.1) is 0 Å². The fraction of sp³-hybridized carbons (Fsp3) is 0.562. The molecule has 1 atom stereocenters. The number of aliphatic hydroxyl groups excluding tert-OH is 1. The second kappa shape index (κ2) is 5.38. The van der Waals surface area contributed by atoms with Crippen molar-refractivity contribution in [3.8, 4) is 0 Å². The first kappa shape index (κ1) is 15.3. The predicted molar refractivity (Wildman–Crippen MR) is 80.9 cm³/mol. The molecule has 0 spiro atoms. The summed E-state index contributed by atoms with van der Waals surface area (Å²) in [6.07, 6.45) is 2.09. The van der Waals surface area contributed by atoms with Crippen LogP contribution in [0.4, 0.5) is 0 Å². The normalized spacial score (nSPS) is 19.1. The average Bonchev–Trinajstić information content (AvgIpc) is 2.26. The van der Waals surface area contributed by atoms with Gasteiger partial charge in [-0.3, -0.25) is 4.79 Å². The van der Waals surface area contributed by atoms with E-state index in [-0.39, 0.29) is 5.91 Å². The molecule has 0 aliphatic heterocycles. The Labute approximate surface area is 125 Å². The summed E-state index contributed by atoms with van der Waals surface area (Å²) < 4.78 is 0. The summed E-state index contributed by atoms with van der Waals surface area (Å²) in [4.78, 5) is 12.7. The third-order valence-electron chi connectivity index (χ3n) is 4.50. The molecule has 4 heteroatoms. The van der Waals surface area contributed by atoms with Gasteiger partial charge in [0.25, 0.3) is 0 Å². The van der Waals surface area contributed by atoms with Gasteiger partial charge in [0.2, 0.25) is 5.91 Å². The molecule has 0 radical (unpaired) electrons. The van der Waals surface area contributed by atoms with Crippen LogP contribution in [-0.4, -0.2) is 22.7 Å². The first-order chi connectivity index (χ1) is 9.28. The number of carbonyl (C=O) groups excluding carboxylic acids is 1. The summed E-state index contributed by atoms with van der Waals surface area (Å²) in [7, 11) is 0. The predicted octanol–water partition coefficient (Wildman–Crippen LogP) is 3.04. The van der Waals surface area contributed by atoms with Crippen molar-refractivity contribution in [2.45, 2.75) is 57.1 Å².